The van der Waals surface area contributed by atoms with E-state index in [-0.39, 0.29) is 10.6 Å². The van der Waals surface area contributed by atoms with Gasteiger partial charge in [0.25, 0.3) is 5.69 Å². The number of nitro benzene ring substituents is 1. The molecule has 0 unspecified atom stereocenters. The van der Waals surface area contributed by atoms with E-state index in [1.54, 1.807) is 23.0 Å². The van der Waals surface area contributed by atoms with Crippen molar-refractivity contribution in [2.24, 2.45) is 0 Å². The molecule has 0 fully saturated rings. The smallest absolute Gasteiger partial charge is 0.269 e. The van der Waals surface area contributed by atoms with Gasteiger partial charge in [-0.3, -0.25) is 14.8 Å². The van der Waals surface area contributed by atoms with E-state index in [0.717, 1.165) is 23.4 Å². The van der Waals surface area contributed by atoms with Gasteiger partial charge in [0.05, 0.1) is 17.7 Å². The predicted molar refractivity (Wildman–Crippen MR) is 73.3 cm³/mol. The number of hydrogen-bond donors (Lipinski definition) is 1. The summed E-state index contributed by atoms with van der Waals surface area (Å²) in [4.78, 5) is 10.5. The van der Waals surface area contributed by atoms with Gasteiger partial charge in [0.15, 0.2) is 0 Å². The average Bonchev–Trinajstić information content (AvgIpc) is 2.77. The maximum atomic E-state index is 10.8. The topological polar surface area (TPSA) is 73.0 Å². The van der Waals surface area contributed by atoms with Crippen LogP contribution in [0.1, 0.15) is 18.1 Å². The molecular formula is C13H16N4O2. The monoisotopic (exact) mass is 260 g/mol. The summed E-state index contributed by atoms with van der Waals surface area (Å²) in [6.07, 6.45) is 3.68. The van der Waals surface area contributed by atoms with Crippen LogP contribution in [0.15, 0.2) is 30.6 Å². The molecule has 6 nitrogen and oxygen atoms in total. The Morgan fingerprint density at radius 2 is 2.26 bits per heavy atom. The van der Waals surface area contributed by atoms with Crippen LogP contribution in [-0.2, 0) is 6.54 Å². The standard InChI is InChI=1S/C13H16N4O2/c1-3-14-13-5-4-12(17(18)19)6-11(13)9-16-8-10(2)7-15-16/h4-8,14H,3,9H2,1-2H3. The summed E-state index contributed by atoms with van der Waals surface area (Å²) in [5.41, 5.74) is 2.93. The fraction of sp³-hybridized carbons (Fsp3) is 0.308. The fourth-order valence-electron chi connectivity index (χ4n) is 1.92. The number of anilines is 1. The lowest BCUT2D eigenvalue weighted by Gasteiger charge is -2.10. The van der Waals surface area contributed by atoms with E-state index in [0.29, 0.717) is 6.54 Å². The molecule has 0 bridgehead atoms. The highest BCUT2D eigenvalue weighted by Crippen LogP contribution is 2.23. The maximum Gasteiger partial charge on any atom is 0.269 e. The van der Waals surface area contributed by atoms with Crippen molar-refractivity contribution in [1.82, 2.24) is 9.78 Å². The number of aryl methyl sites for hydroxylation is 1. The van der Waals surface area contributed by atoms with Crippen molar-refractivity contribution in [1.29, 1.82) is 0 Å². The van der Waals surface area contributed by atoms with Crippen LogP contribution in [0.5, 0.6) is 0 Å². The lowest BCUT2D eigenvalue weighted by molar-refractivity contribution is -0.384. The van der Waals surface area contributed by atoms with Gasteiger partial charge in [-0.15, -0.1) is 0 Å². The molecule has 1 N–H and O–H groups in total. The number of nitrogens with zero attached hydrogens (tertiary/aromatic N) is 3. The van der Waals surface area contributed by atoms with Crippen LogP contribution in [0.4, 0.5) is 11.4 Å². The van der Waals surface area contributed by atoms with Crippen LogP contribution in [-0.4, -0.2) is 21.2 Å². The van der Waals surface area contributed by atoms with E-state index in [1.165, 1.54) is 6.07 Å². The first-order valence-corrected chi connectivity index (χ1v) is 6.10. The van der Waals surface area contributed by atoms with E-state index in [1.807, 2.05) is 20.0 Å². The van der Waals surface area contributed by atoms with Gasteiger partial charge >= 0.3 is 0 Å². The van der Waals surface area contributed by atoms with Crippen LogP contribution < -0.4 is 5.32 Å². The third kappa shape index (κ3) is 3.09. The first-order chi connectivity index (χ1) is 9.10. The number of benzene rings is 1. The molecule has 0 aliphatic rings. The largest absolute Gasteiger partial charge is 0.385 e. The Labute approximate surface area is 111 Å². The lowest BCUT2D eigenvalue weighted by atomic mass is 10.1. The molecule has 0 aliphatic heterocycles. The minimum atomic E-state index is -0.381. The molecule has 0 atom stereocenters. The van der Waals surface area contributed by atoms with Gasteiger partial charge in [0.2, 0.25) is 0 Å². The minimum Gasteiger partial charge on any atom is -0.385 e. The molecule has 6 heteroatoms. The summed E-state index contributed by atoms with van der Waals surface area (Å²) in [5.74, 6) is 0. The Morgan fingerprint density at radius 1 is 1.47 bits per heavy atom. The molecule has 0 radical (unpaired) electrons. The molecule has 19 heavy (non-hydrogen) atoms. The highest BCUT2D eigenvalue weighted by molar-refractivity contribution is 5.56. The van der Waals surface area contributed by atoms with Gasteiger partial charge in [-0.1, -0.05) is 0 Å². The molecule has 100 valence electrons. The minimum absolute atomic E-state index is 0.0977. The Morgan fingerprint density at radius 3 is 2.84 bits per heavy atom. The third-order valence-corrected chi connectivity index (χ3v) is 2.76. The second-order valence-corrected chi connectivity index (χ2v) is 4.34. The predicted octanol–water partition coefficient (Wildman–Crippen LogP) is 2.58. The van der Waals surface area contributed by atoms with Gasteiger partial charge in [0.1, 0.15) is 0 Å². The quantitative estimate of drug-likeness (QED) is 0.662. The second-order valence-electron chi connectivity index (χ2n) is 4.34. The number of nitro groups is 1. The van der Waals surface area contributed by atoms with E-state index in [2.05, 4.69) is 10.4 Å². The summed E-state index contributed by atoms with van der Waals surface area (Å²) in [6, 6.07) is 4.85. The molecule has 0 amide bonds. The van der Waals surface area contributed by atoms with E-state index >= 15 is 0 Å². The maximum absolute atomic E-state index is 10.8. The first kappa shape index (κ1) is 13.1. The summed E-state index contributed by atoms with van der Waals surface area (Å²) in [7, 11) is 0. The first-order valence-electron chi connectivity index (χ1n) is 6.10. The Balaban J connectivity index is 2.34. The van der Waals surface area contributed by atoms with Crippen molar-refractivity contribution < 1.29 is 4.92 Å². The molecule has 0 saturated carbocycles. The van der Waals surface area contributed by atoms with Crippen LogP contribution in [0.2, 0.25) is 0 Å². The van der Waals surface area contributed by atoms with Crippen LogP contribution in [0.25, 0.3) is 0 Å². The van der Waals surface area contributed by atoms with E-state index < -0.39 is 0 Å². The van der Waals surface area contributed by atoms with Crippen molar-refractivity contribution in [3.63, 3.8) is 0 Å². The zero-order valence-corrected chi connectivity index (χ0v) is 11.0. The summed E-state index contributed by atoms with van der Waals surface area (Å²) in [5, 5.41) is 18.3. The van der Waals surface area contributed by atoms with Crippen molar-refractivity contribution in [3.8, 4) is 0 Å². The molecule has 0 spiro atoms. The number of aromatic nitrogens is 2. The summed E-state index contributed by atoms with van der Waals surface area (Å²) >= 11 is 0. The third-order valence-electron chi connectivity index (χ3n) is 2.76. The molecule has 0 aliphatic carbocycles. The molecule has 1 heterocycles. The second kappa shape index (κ2) is 5.51. The molecule has 2 aromatic rings. The Kier molecular flexibility index (Phi) is 3.79. The van der Waals surface area contributed by atoms with Gasteiger partial charge in [-0.2, -0.15) is 5.10 Å². The van der Waals surface area contributed by atoms with Gasteiger partial charge in [0, 0.05) is 36.1 Å². The zero-order chi connectivity index (χ0) is 13.8. The Hall–Kier alpha value is -2.37. The van der Waals surface area contributed by atoms with Gasteiger partial charge in [-0.25, -0.2) is 0 Å². The van der Waals surface area contributed by atoms with Crippen LogP contribution in [0, 0.1) is 17.0 Å². The highest BCUT2D eigenvalue weighted by Gasteiger charge is 2.11. The summed E-state index contributed by atoms with van der Waals surface area (Å²) < 4.78 is 1.77. The van der Waals surface area contributed by atoms with Gasteiger partial charge < -0.3 is 5.32 Å². The SMILES string of the molecule is CCNc1ccc([N+](=O)[O-])cc1Cn1cc(C)cn1. The number of non-ortho nitro benzene ring substituents is 1. The molecule has 1 aromatic heterocycles. The highest BCUT2D eigenvalue weighted by atomic mass is 16.6. The van der Waals surface area contributed by atoms with Crippen molar-refractivity contribution in [3.05, 3.63) is 51.8 Å². The number of hydrogen-bond acceptors (Lipinski definition) is 4. The van der Waals surface area contributed by atoms with Crippen molar-refractivity contribution in [2.75, 3.05) is 11.9 Å². The Bertz CT molecular complexity index is 592. The normalized spacial score (nSPS) is 10.4. The van der Waals surface area contributed by atoms with Gasteiger partial charge in [-0.05, 0) is 25.5 Å². The molecular weight excluding hydrogens is 244 g/mol. The molecule has 2 rings (SSSR count). The zero-order valence-electron chi connectivity index (χ0n) is 11.0. The molecule has 1 aromatic carbocycles. The van der Waals surface area contributed by atoms with Crippen molar-refractivity contribution in [2.45, 2.75) is 20.4 Å². The van der Waals surface area contributed by atoms with E-state index in [4.69, 9.17) is 0 Å². The van der Waals surface area contributed by atoms with Crippen molar-refractivity contribution >= 4 is 11.4 Å². The lowest BCUT2D eigenvalue weighted by Crippen LogP contribution is -2.06. The van der Waals surface area contributed by atoms with Crippen LogP contribution >= 0.6 is 0 Å². The van der Waals surface area contributed by atoms with Crippen LogP contribution in [0.3, 0.4) is 0 Å². The number of rotatable bonds is 5. The van der Waals surface area contributed by atoms with E-state index in [9.17, 15) is 10.1 Å². The average molecular weight is 260 g/mol. The summed E-state index contributed by atoms with van der Waals surface area (Å²) in [6.45, 7) is 5.23. The molecule has 0 saturated heterocycles. The fourth-order valence-corrected chi connectivity index (χ4v) is 1.92. The number of nitrogens with one attached hydrogen (secondary N) is 1.